The van der Waals surface area contributed by atoms with E-state index < -0.39 is 0 Å². The van der Waals surface area contributed by atoms with E-state index in [1.807, 2.05) is 55.5 Å². The van der Waals surface area contributed by atoms with E-state index in [4.69, 9.17) is 0 Å². The molecule has 0 aromatic heterocycles. The third-order valence-corrected chi connectivity index (χ3v) is 3.84. The smallest absolute Gasteiger partial charge is 0.249 e. The number of carbonyl (C=O) groups is 2. The van der Waals surface area contributed by atoms with Crippen LogP contribution < -0.4 is 15.5 Å². The molecular formula is C18H19N3O2. The number of rotatable bonds is 3. The molecule has 2 amide bonds. The van der Waals surface area contributed by atoms with E-state index >= 15 is 0 Å². The van der Waals surface area contributed by atoms with Crippen molar-refractivity contribution in [3.8, 4) is 0 Å². The highest BCUT2D eigenvalue weighted by molar-refractivity contribution is 6.09. The molecule has 23 heavy (non-hydrogen) atoms. The van der Waals surface area contributed by atoms with Crippen LogP contribution in [0.4, 0.5) is 17.1 Å². The third-order valence-electron chi connectivity index (χ3n) is 3.84. The Morgan fingerprint density at radius 3 is 2.61 bits per heavy atom. The van der Waals surface area contributed by atoms with Crippen molar-refractivity contribution in [2.24, 2.45) is 0 Å². The van der Waals surface area contributed by atoms with Crippen LogP contribution in [0.3, 0.4) is 0 Å². The lowest BCUT2D eigenvalue weighted by Crippen LogP contribution is -2.48. The number of hydrogen-bond donors (Lipinski definition) is 2. The van der Waals surface area contributed by atoms with Gasteiger partial charge in [0, 0.05) is 5.69 Å². The summed E-state index contributed by atoms with van der Waals surface area (Å²) in [5.41, 5.74) is 3.45. The Balaban J connectivity index is 1.77. The molecule has 1 atom stereocenters. The molecule has 0 aliphatic carbocycles. The molecule has 3 rings (SSSR count). The van der Waals surface area contributed by atoms with Gasteiger partial charge in [-0.3, -0.25) is 14.5 Å². The molecule has 1 aliphatic heterocycles. The van der Waals surface area contributed by atoms with Gasteiger partial charge in [0.1, 0.15) is 12.6 Å². The summed E-state index contributed by atoms with van der Waals surface area (Å²) in [7, 11) is 0. The van der Waals surface area contributed by atoms with Crippen LogP contribution in [0, 0.1) is 6.92 Å². The summed E-state index contributed by atoms with van der Waals surface area (Å²) >= 11 is 0. The van der Waals surface area contributed by atoms with Crippen LogP contribution in [0.5, 0.6) is 0 Å². The van der Waals surface area contributed by atoms with Crippen molar-refractivity contribution in [2.75, 3.05) is 22.1 Å². The highest BCUT2D eigenvalue weighted by atomic mass is 16.2. The number of amides is 2. The number of nitrogens with zero attached hydrogens (tertiary/aromatic N) is 1. The standard InChI is InChI=1S/C18H19N3O2/c1-12-7-9-14(10-8-12)20-17(22)11-21-16-6-4-3-5-15(16)19-13(2)18(21)23/h3-10,13,19H,11H2,1-2H3,(H,20,22). The fourth-order valence-corrected chi connectivity index (χ4v) is 2.62. The van der Waals surface area contributed by atoms with Gasteiger partial charge in [-0.1, -0.05) is 29.8 Å². The molecule has 5 heteroatoms. The first-order chi connectivity index (χ1) is 11.0. The maximum Gasteiger partial charge on any atom is 0.249 e. The van der Waals surface area contributed by atoms with Gasteiger partial charge in [0.05, 0.1) is 11.4 Å². The second kappa shape index (κ2) is 6.12. The van der Waals surface area contributed by atoms with Crippen LogP contribution in [-0.2, 0) is 9.59 Å². The second-order valence-electron chi connectivity index (χ2n) is 5.72. The van der Waals surface area contributed by atoms with Gasteiger partial charge in [0.25, 0.3) is 0 Å². The number of hydrogen-bond acceptors (Lipinski definition) is 3. The predicted molar refractivity (Wildman–Crippen MR) is 91.7 cm³/mol. The molecule has 1 aliphatic rings. The Bertz CT molecular complexity index is 740. The molecule has 5 nitrogen and oxygen atoms in total. The van der Waals surface area contributed by atoms with Crippen molar-refractivity contribution in [2.45, 2.75) is 19.9 Å². The number of para-hydroxylation sites is 2. The van der Waals surface area contributed by atoms with Crippen LogP contribution in [0.25, 0.3) is 0 Å². The average molecular weight is 309 g/mol. The largest absolute Gasteiger partial charge is 0.372 e. The highest BCUT2D eigenvalue weighted by Gasteiger charge is 2.30. The minimum atomic E-state index is -0.350. The molecule has 1 unspecified atom stereocenters. The van der Waals surface area contributed by atoms with Crippen LogP contribution in [0.2, 0.25) is 0 Å². The molecule has 0 saturated carbocycles. The summed E-state index contributed by atoms with van der Waals surface area (Å²) in [5.74, 6) is -0.325. The number of fused-ring (bicyclic) bond motifs is 1. The molecule has 2 aromatic rings. The van der Waals surface area contributed by atoms with Crippen molar-refractivity contribution >= 4 is 28.9 Å². The van der Waals surface area contributed by atoms with E-state index in [0.29, 0.717) is 0 Å². The molecular weight excluding hydrogens is 290 g/mol. The highest BCUT2D eigenvalue weighted by Crippen LogP contribution is 2.30. The van der Waals surface area contributed by atoms with Crippen molar-refractivity contribution in [1.29, 1.82) is 0 Å². The first-order valence-electron chi connectivity index (χ1n) is 7.58. The summed E-state index contributed by atoms with van der Waals surface area (Å²) < 4.78 is 0. The number of nitrogens with one attached hydrogen (secondary N) is 2. The van der Waals surface area contributed by atoms with Crippen molar-refractivity contribution < 1.29 is 9.59 Å². The molecule has 0 fully saturated rings. The normalized spacial score (nSPS) is 16.5. The van der Waals surface area contributed by atoms with Gasteiger partial charge >= 0.3 is 0 Å². The fourth-order valence-electron chi connectivity index (χ4n) is 2.62. The van der Waals surface area contributed by atoms with Gasteiger partial charge in [0.15, 0.2) is 0 Å². The summed E-state index contributed by atoms with van der Waals surface area (Å²) in [6, 6.07) is 14.7. The predicted octanol–water partition coefficient (Wildman–Crippen LogP) is 2.78. The molecule has 2 aromatic carbocycles. The SMILES string of the molecule is Cc1ccc(NC(=O)CN2C(=O)C(C)Nc3ccccc32)cc1. The van der Waals surface area contributed by atoms with E-state index in [0.717, 1.165) is 22.6 Å². The lowest BCUT2D eigenvalue weighted by atomic mass is 10.1. The van der Waals surface area contributed by atoms with Crippen LogP contribution >= 0.6 is 0 Å². The topological polar surface area (TPSA) is 61.4 Å². The molecule has 118 valence electrons. The Hall–Kier alpha value is -2.82. The van der Waals surface area contributed by atoms with Crippen LogP contribution in [0.15, 0.2) is 48.5 Å². The zero-order valence-electron chi connectivity index (χ0n) is 13.2. The van der Waals surface area contributed by atoms with Crippen molar-refractivity contribution in [3.63, 3.8) is 0 Å². The zero-order chi connectivity index (χ0) is 16.4. The first kappa shape index (κ1) is 15.1. The second-order valence-corrected chi connectivity index (χ2v) is 5.72. The molecule has 0 radical (unpaired) electrons. The van der Waals surface area contributed by atoms with E-state index in [1.165, 1.54) is 4.90 Å². The van der Waals surface area contributed by atoms with E-state index in [2.05, 4.69) is 10.6 Å². The Kier molecular flexibility index (Phi) is 4.02. The van der Waals surface area contributed by atoms with E-state index in [9.17, 15) is 9.59 Å². The minimum absolute atomic E-state index is 0.00422. The average Bonchev–Trinajstić information content (AvgIpc) is 2.54. The maximum atomic E-state index is 12.4. The first-order valence-corrected chi connectivity index (χ1v) is 7.58. The lowest BCUT2D eigenvalue weighted by Gasteiger charge is -2.33. The Morgan fingerprint density at radius 1 is 1.17 bits per heavy atom. The number of anilines is 3. The van der Waals surface area contributed by atoms with Gasteiger partial charge in [-0.05, 0) is 38.1 Å². The lowest BCUT2D eigenvalue weighted by molar-refractivity contribution is -0.122. The number of carbonyl (C=O) groups excluding carboxylic acids is 2. The van der Waals surface area contributed by atoms with Crippen molar-refractivity contribution in [3.05, 3.63) is 54.1 Å². The number of benzene rings is 2. The molecule has 1 heterocycles. The summed E-state index contributed by atoms with van der Waals surface area (Å²) in [6.07, 6.45) is 0. The fraction of sp³-hybridized carbons (Fsp3) is 0.222. The molecule has 2 N–H and O–H groups in total. The van der Waals surface area contributed by atoms with E-state index in [1.54, 1.807) is 6.92 Å². The van der Waals surface area contributed by atoms with Crippen molar-refractivity contribution in [1.82, 2.24) is 0 Å². The zero-order valence-corrected chi connectivity index (χ0v) is 13.2. The van der Waals surface area contributed by atoms with Gasteiger partial charge in [-0.15, -0.1) is 0 Å². The maximum absolute atomic E-state index is 12.4. The third kappa shape index (κ3) is 3.18. The van der Waals surface area contributed by atoms with E-state index in [-0.39, 0.29) is 24.4 Å². The summed E-state index contributed by atoms with van der Waals surface area (Å²) in [5, 5.41) is 5.98. The van der Waals surface area contributed by atoms with Crippen LogP contribution in [-0.4, -0.2) is 24.4 Å². The Morgan fingerprint density at radius 2 is 1.87 bits per heavy atom. The van der Waals surface area contributed by atoms with Crippen LogP contribution in [0.1, 0.15) is 12.5 Å². The molecule has 0 saturated heterocycles. The molecule has 0 spiro atoms. The number of aryl methyl sites for hydroxylation is 1. The Labute approximate surface area is 135 Å². The molecule has 0 bridgehead atoms. The quantitative estimate of drug-likeness (QED) is 0.916. The van der Waals surface area contributed by atoms with Gasteiger partial charge in [-0.25, -0.2) is 0 Å². The summed E-state index contributed by atoms with van der Waals surface area (Å²) in [6.45, 7) is 3.78. The monoisotopic (exact) mass is 309 g/mol. The summed E-state index contributed by atoms with van der Waals surface area (Å²) in [4.78, 5) is 26.2. The minimum Gasteiger partial charge on any atom is -0.372 e. The van der Waals surface area contributed by atoms with Gasteiger partial charge < -0.3 is 10.6 Å². The van der Waals surface area contributed by atoms with Gasteiger partial charge in [0.2, 0.25) is 11.8 Å². The van der Waals surface area contributed by atoms with Gasteiger partial charge in [-0.2, -0.15) is 0 Å².